The smallest absolute Gasteiger partial charge is 0.244 e. The van der Waals surface area contributed by atoms with Crippen molar-refractivity contribution in [2.75, 3.05) is 7.11 Å². The summed E-state index contributed by atoms with van der Waals surface area (Å²) >= 11 is 6.11. The maximum Gasteiger partial charge on any atom is 0.244 e. The lowest BCUT2D eigenvalue weighted by atomic mass is 10.1. The summed E-state index contributed by atoms with van der Waals surface area (Å²) in [5.41, 5.74) is 2.52. The van der Waals surface area contributed by atoms with E-state index in [-0.39, 0.29) is 10.6 Å². The number of sulfonamides is 1. The minimum Gasteiger partial charge on any atom is -0.495 e. The number of hydrogen-bond acceptors (Lipinski definition) is 4. The van der Waals surface area contributed by atoms with E-state index in [4.69, 9.17) is 16.3 Å². The maximum absolute atomic E-state index is 12.9. The number of imidazole rings is 1. The largest absolute Gasteiger partial charge is 0.495 e. The lowest BCUT2D eigenvalue weighted by Crippen LogP contribution is -2.27. The highest BCUT2D eigenvalue weighted by Crippen LogP contribution is 2.31. The molecule has 0 aliphatic heterocycles. The molecule has 3 rings (SSSR count). The molecule has 142 valence electrons. The Labute approximate surface area is 163 Å². The Kier molecular flexibility index (Phi) is 5.55. The second kappa shape index (κ2) is 7.72. The second-order valence-electron chi connectivity index (χ2n) is 6.16. The Hall–Kier alpha value is -2.35. The van der Waals surface area contributed by atoms with Gasteiger partial charge >= 0.3 is 0 Å². The molecule has 0 spiro atoms. The summed E-state index contributed by atoms with van der Waals surface area (Å²) in [6.07, 6.45) is 5.24. The molecular weight excluding hydrogens is 386 g/mol. The fourth-order valence-electron chi connectivity index (χ4n) is 2.72. The molecule has 1 heterocycles. The molecular formula is C19H20ClN3O3S. The first-order chi connectivity index (χ1) is 12.8. The van der Waals surface area contributed by atoms with Gasteiger partial charge in [-0.05, 0) is 49.2 Å². The van der Waals surface area contributed by atoms with Crippen LogP contribution in [0.1, 0.15) is 24.1 Å². The highest BCUT2D eigenvalue weighted by atomic mass is 35.5. The number of nitrogens with one attached hydrogen (secondary N) is 1. The van der Waals surface area contributed by atoms with Crippen molar-refractivity contribution in [3.05, 3.63) is 71.3 Å². The summed E-state index contributed by atoms with van der Waals surface area (Å²) in [5.74, 6) is 0.257. The third-order valence-corrected chi connectivity index (χ3v) is 6.23. The summed E-state index contributed by atoms with van der Waals surface area (Å²) in [6, 6.07) is 10.2. The van der Waals surface area contributed by atoms with Crippen molar-refractivity contribution in [3.8, 4) is 11.4 Å². The van der Waals surface area contributed by atoms with Crippen LogP contribution in [0.5, 0.6) is 5.75 Å². The lowest BCUT2D eigenvalue weighted by Gasteiger charge is -2.17. The van der Waals surface area contributed by atoms with E-state index in [1.165, 1.54) is 13.2 Å². The number of aromatic nitrogens is 2. The van der Waals surface area contributed by atoms with Crippen molar-refractivity contribution in [3.63, 3.8) is 0 Å². The second-order valence-corrected chi connectivity index (χ2v) is 8.25. The predicted octanol–water partition coefficient (Wildman–Crippen LogP) is 3.88. The van der Waals surface area contributed by atoms with E-state index in [1.807, 2.05) is 35.0 Å². The highest BCUT2D eigenvalue weighted by molar-refractivity contribution is 7.89. The molecule has 0 radical (unpaired) electrons. The van der Waals surface area contributed by atoms with E-state index in [0.29, 0.717) is 5.02 Å². The van der Waals surface area contributed by atoms with Crippen molar-refractivity contribution >= 4 is 21.6 Å². The molecule has 0 aliphatic rings. The molecule has 1 atom stereocenters. The van der Waals surface area contributed by atoms with Crippen molar-refractivity contribution in [2.45, 2.75) is 24.8 Å². The molecule has 1 aromatic heterocycles. The quantitative estimate of drug-likeness (QED) is 0.675. The van der Waals surface area contributed by atoms with E-state index < -0.39 is 16.1 Å². The van der Waals surface area contributed by atoms with E-state index >= 15 is 0 Å². The van der Waals surface area contributed by atoms with Crippen LogP contribution in [0.2, 0.25) is 5.02 Å². The third-order valence-electron chi connectivity index (χ3n) is 4.26. The normalized spacial score (nSPS) is 12.7. The first-order valence-corrected chi connectivity index (χ1v) is 10.1. The Morgan fingerprint density at radius 1 is 1.22 bits per heavy atom. The zero-order valence-corrected chi connectivity index (χ0v) is 16.8. The maximum atomic E-state index is 12.9. The number of halogens is 1. The molecule has 6 nitrogen and oxygen atoms in total. The molecule has 27 heavy (non-hydrogen) atoms. The van der Waals surface area contributed by atoms with Gasteiger partial charge < -0.3 is 9.30 Å². The molecule has 1 N–H and O–H groups in total. The average Bonchev–Trinajstić information content (AvgIpc) is 3.18. The number of ether oxygens (including phenoxy) is 1. The lowest BCUT2D eigenvalue weighted by molar-refractivity contribution is 0.401. The fraction of sp³-hybridized carbons (Fsp3) is 0.211. The number of hydrogen-bond donors (Lipinski definition) is 1. The zero-order chi connectivity index (χ0) is 19.6. The molecule has 0 saturated carbocycles. The summed E-state index contributed by atoms with van der Waals surface area (Å²) in [6.45, 7) is 3.57. The Morgan fingerprint density at radius 2 is 1.93 bits per heavy atom. The Balaban J connectivity index is 1.84. The number of nitrogens with zero attached hydrogens (tertiary/aromatic N) is 2. The van der Waals surface area contributed by atoms with Crippen LogP contribution in [0.4, 0.5) is 0 Å². The van der Waals surface area contributed by atoms with Gasteiger partial charge in [0.25, 0.3) is 0 Å². The van der Waals surface area contributed by atoms with E-state index in [9.17, 15) is 8.42 Å². The number of aryl methyl sites for hydroxylation is 1. The molecule has 0 bridgehead atoms. The SMILES string of the molecule is COc1cc(C)c(Cl)cc1S(=O)(=O)NC(C)c1ccc(-n2ccnc2)cc1. The standard InChI is InChI=1S/C19H20ClN3O3S/c1-13-10-18(26-3)19(11-17(13)20)27(24,25)22-14(2)15-4-6-16(7-5-15)23-9-8-21-12-23/h4-12,14,22H,1-3H3. The summed E-state index contributed by atoms with van der Waals surface area (Å²) in [5, 5.41) is 0.369. The Bertz CT molecular complexity index is 1030. The summed E-state index contributed by atoms with van der Waals surface area (Å²) in [7, 11) is -2.39. The van der Waals surface area contributed by atoms with E-state index in [2.05, 4.69) is 9.71 Å². The monoisotopic (exact) mass is 405 g/mol. The number of methoxy groups -OCH3 is 1. The van der Waals surface area contributed by atoms with Gasteiger partial charge in [-0.25, -0.2) is 18.1 Å². The van der Waals surface area contributed by atoms with E-state index in [0.717, 1.165) is 16.8 Å². The van der Waals surface area contributed by atoms with Crippen LogP contribution in [0.3, 0.4) is 0 Å². The molecule has 0 fully saturated rings. The molecule has 0 saturated heterocycles. The molecule has 2 aromatic carbocycles. The van der Waals surface area contributed by atoms with Gasteiger partial charge in [-0.2, -0.15) is 0 Å². The van der Waals surface area contributed by atoms with Crippen molar-refractivity contribution in [1.29, 1.82) is 0 Å². The van der Waals surface area contributed by atoms with Crippen molar-refractivity contribution in [2.24, 2.45) is 0 Å². The van der Waals surface area contributed by atoms with Gasteiger partial charge in [0, 0.05) is 29.1 Å². The van der Waals surface area contributed by atoms with Crippen LogP contribution >= 0.6 is 11.6 Å². The first kappa shape index (κ1) is 19.4. The molecule has 1 unspecified atom stereocenters. The molecule has 3 aromatic rings. The van der Waals surface area contributed by atoms with Crippen LogP contribution in [0, 0.1) is 6.92 Å². The minimum atomic E-state index is -3.82. The fourth-order valence-corrected chi connectivity index (χ4v) is 4.35. The minimum absolute atomic E-state index is 0.0162. The topological polar surface area (TPSA) is 73.2 Å². The van der Waals surface area contributed by atoms with E-state index in [1.54, 1.807) is 32.4 Å². The van der Waals surface area contributed by atoms with Gasteiger partial charge in [-0.15, -0.1) is 0 Å². The molecule has 8 heteroatoms. The molecule has 0 amide bonds. The van der Waals surface area contributed by atoms with Crippen LogP contribution < -0.4 is 9.46 Å². The van der Waals surface area contributed by atoms with Gasteiger partial charge in [0.05, 0.1) is 13.4 Å². The van der Waals surface area contributed by atoms with Gasteiger partial charge in [0.15, 0.2) is 0 Å². The highest BCUT2D eigenvalue weighted by Gasteiger charge is 2.23. The third kappa shape index (κ3) is 4.16. The Morgan fingerprint density at radius 3 is 2.52 bits per heavy atom. The van der Waals surface area contributed by atoms with Crippen LogP contribution in [-0.4, -0.2) is 25.1 Å². The van der Waals surface area contributed by atoms with Crippen LogP contribution in [0.25, 0.3) is 5.69 Å². The van der Waals surface area contributed by atoms with Gasteiger partial charge in [0.1, 0.15) is 10.6 Å². The van der Waals surface area contributed by atoms with Gasteiger partial charge in [-0.3, -0.25) is 0 Å². The summed E-state index contributed by atoms with van der Waals surface area (Å²) in [4.78, 5) is 4.03. The van der Waals surface area contributed by atoms with Crippen LogP contribution in [-0.2, 0) is 10.0 Å². The first-order valence-electron chi connectivity index (χ1n) is 8.26. The van der Waals surface area contributed by atoms with Crippen molar-refractivity contribution in [1.82, 2.24) is 14.3 Å². The van der Waals surface area contributed by atoms with Gasteiger partial charge in [0.2, 0.25) is 10.0 Å². The predicted molar refractivity (Wildman–Crippen MR) is 105 cm³/mol. The number of rotatable bonds is 6. The average molecular weight is 406 g/mol. The number of benzene rings is 2. The van der Waals surface area contributed by atoms with Crippen molar-refractivity contribution < 1.29 is 13.2 Å². The van der Waals surface area contributed by atoms with Gasteiger partial charge in [-0.1, -0.05) is 23.7 Å². The summed E-state index contributed by atoms with van der Waals surface area (Å²) < 4.78 is 35.5. The molecule has 0 aliphatic carbocycles. The van der Waals surface area contributed by atoms with Crippen LogP contribution in [0.15, 0.2) is 60.0 Å². The zero-order valence-electron chi connectivity index (χ0n) is 15.2.